The number of ether oxygens (including phenoxy) is 1. The highest BCUT2D eigenvalue weighted by atomic mass is 79.9. The van der Waals surface area contributed by atoms with E-state index in [-0.39, 0.29) is 12.0 Å². The van der Waals surface area contributed by atoms with Crippen molar-refractivity contribution in [2.75, 3.05) is 37.8 Å². The van der Waals surface area contributed by atoms with Gasteiger partial charge in [-0.25, -0.2) is 0 Å². The minimum Gasteiger partial charge on any atom is -0.396 e. The van der Waals surface area contributed by atoms with Crippen LogP contribution in [0.5, 0.6) is 0 Å². The zero-order valence-electron chi connectivity index (χ0n) is 9.66. The lowest BCUT2D eigenvalue weighted by Gasteiger charge is -2.43. The third kappa shape index (κ3) is 1.98. The maximum Gasteiger partial charge on any atom is 0.0584 e. The van der Waals surface area contributed by atoms with Crippen molar-refractivity contribution < 1.29 is 9.84 Å². The number of halogens is 1. The minimum absolute atomic E-state index is 0.0331. The second-order valence-corrected chi connectivity index (χ2v) is 6.01. The molecule has 0 bridgehead atoms. The predicted molar refractivity (Wildman–Crippen MR) is 70.4 cm³/mol. The second-order valence-electron chi connectivity index (χ2n) is 5.10. The van der Waals surface area contributed by atoms with E-state index < -0.39 is 0 Å². The Bertz CT molecular complexity index is 426. The number of aliphatic hydroxyl groups is 1. The van der Waals surface area contributed by atoms with Gasteiger partial charge in [-0.1, -0.05) is 15.9 Å². The predicted octanol–water partition coefficient (Wildman–Crippen LogP) is 1.82. The zero-order chi connectivity index (χ0) is 11.9. The molecule has 0 aliphatic carbocycles. The van der Waals surface area contributed by atoms with E-state index in [1.54, 1.807) is 0 Å². The number of hydrogen-bond acceptors (Lipinski definition) is 3. The zero-order valence-corrected chi connectivity index (χ0v) is 11.2. The fourth-order valence-electron chi connectivity index (χ4n) is 2.63. The molecule has 2 heterocycles. The quantitative estimate of drug-likeness (QED) is 0.924. The highest BCUT2D eigenvalue weighted by Crippen LogP contribution is 2.35. The van der Waals surface area contributed by atoms with Crippen molar-refractivity contribution in [3.8, 4) is 0 Å². The maximum atomic E-state index is 9.47. The van der Waals surface area contributed by atoms with Crippen molar-refractivity contribution in [3.63, 3.8) is 0 Å². The Kier molecular flexibility index (Phi) is 2.89. The van der Waals surface area contributed by atoms with E-state index in [0.717, 1.165) is 24.0 Å². The summed E-state index contributed by atoms with van der Waals surface area (Å²) in [4.78, 5) is 2.38. The molecule has 3 rings (SSSR count). The summed E-state index contributed by atoms with van der Waals surface area (Å²) >= 11 is 3.51. The van der Waals surface area contributed by atoms with Crippen molar-refractivity contribution in [2.24, 2.45) is 5.41 Å². The average molecular weight is 298 g/mol. The van der Waals surface area contributed by atoms with Gasteiger partial charge in [-0.05, 0) is 30.2 Å². The summed E-state index contributed by atoms with van der Waals surface area (Å²) in [5, 5.41) is 9.47. The Labute approximate surface area is 110 Å². The largest absolute Gasteiger partial charge is 0.396 e. The Morgan fingerprint density at radius 1 is 1.41 bits per heavy atom. The molecule has 3 nitrogen and oxygen atoms in total. The van der Waals surface area contributed by atoms with Crippen LogP contribution in [0.4, 0.5) is 5.69 Å². The fraction of sp³-hybridized carbons (Fsp3) is 0.538. The lowest BCUT2D eigenvalue weighted by molar-refractivity contribution is -0.130. The number of rotatable bonds is 3. The van der Waals surface area contributed by atoms with Gasteiger partial charge in [0, 0.05) is 23.2 Å². The molecule has 4 heteroatoms. The number of fused-ring (bicyclic) bond motifs is 1. The molecule has 0 atom stereocenters. The molecule has 1 aromatic carbocycles. The summed E-state index contributed by atoms with van der Waals surface area (Å²) in [5.74, 6) is 0. The van der Waals surface area contributed by atoms with Crippen molar-refractivity contribution in [3.05, 3.63) is 28.2 Å². The number of hydrogen-bond donors (Lipinski definition) is 1. The van der Waals surface area contributed by atoms with Crippen LogP contribution in [0.3, 0.4) is 0 Å². The van der Waals surface area contributed by atoms with Gasteiger partial charge in [0.15, 0.2) is 0 Å². The molecule has 0 radical (unpaired) electrons. The summed E-state index contributed by atoms with van der Waals surface area (Å²) in [6.45, 7) is 3.54. The minimum atomic E-state index is -0.0331. The van der Waals surface area contributed by atoms with E-state index in [2.05, 4.69) is 39.0 Å². The molecule has 0 unspecified atom stereocenters. The summed E-state index contributed by atoms with van der Waals surface area (Å²) in [6, 6.07) is 6.44. The summed E-state index contributed by atoms with van der Waals surface area (Å²) in [6.07, 6.45) is 1.09. The van der Waals surface area contributed by atoms with Gasteiger partial charge >= 0.3 is 0 Å². The van der Waals surface area contributed by atoms with Crippen LogP contribution in [0, 0.1) is 5.41 Å². The van der Waals surface area contributed by atoms with Crippen LogP contribution >= 0.6 is 15.9 Å². The van der Waals surface area contributed by atoms with E-state index in [0.29, 0.717) is 13.2 Å². The van der Waals surface area contributed by atoms with Crippen LogP contribution in [-0.4, -0.2) is 38.0 Å². The van der Waals surface area contributed by atoms with Crippen LogP contribution in [0.1, 0.15) is 5.56 Å². The van der Waals surface area contributed by atoms with Crippen LogP contribution in [0.15, 0.2) is 22.7 Å². The lowest BCUT2D eigenvalue weighted by atomic mass is 9.86. The molecule has 0 saturated carbocycles. The van der Waals surface area contributed by atoms with Crippen LogP contribution in [0.25, 0.3) is 0 Å². The van der Waals surface area contributed by atoms with Gasteiger partial charge in [0.2, 0.25) is 0 Å². The third-order valence-corrected chi connectivity index (χ3v) is 4.20. The molecule has 0 amide bonds. The molecule has 2 aliphatic rings. The number of anilines is 1. The van der Waals surface area contributed by atoms with Gasteiger partial charge in [0.05, 0.1) is 25.2 Å². The summed E-state index contributed by atoms with van der Waals surface area (Å²) in [5.41, 5.74) is 2.68. The first-order chi connectivity index (χ1) is 8.22. The molecule has 1 saturated heterocycles. The first-order valence-electron chi connectivity index (χ1n) is 5.94. The fourth-order valence-corrected chi connectivity index (χ4v) is 3.04. The highest BCUT2D eigenvalue weighted by molar-refractivity contribution is 9.10. The van der Waals surface area contributed by atoms with Gasteiger partial charge in [-0.15, -0.1) is 0 Å². The molecule has 17 heavy (non-hydrogen) atoms. The van der Waals surface area contributed by atoms with E-state index in [1.807, 2.05) is 0 Å². The number of aliphatic hydroxyl groups excluding tert-OH is 1. The molecule has 0 aromatic heterocycles. The van der Waals surface area contributed by atoms with Gasteiger partial charge in [-0.2, -0.15) is 0 Å². The monoisotopic (exact) mass is 297 g/mol. The van der Waals surface area contributed by atoms with Gasteiger partial charge < -0.3 is 14.7 Å². The molecule has 1 aromatic rings. The molecule has 1 fully saturated rings. The SMILES string of the molecule is OCC1(CN2CCc3cc(Br)ccc32)COC1. The Balaban J connectivity index is 1.79. The van der Waals surface area contributed by atoms with Gasteiger partial charge in [-0.3, -0.25) is 0 Å². The molecule has 92 valence electrons. The lowest BCUT2D eigenvalue weighted by Crippen LogP contribution is -2.53. The van der Waals surface area contributed by atoms with Gasteiger partial charge in [0.1, 0.15) is 0 Å². The Morgan fingerprint density at radius 2 is 2.24 bits per heavy atom. The second kappa shape index (κ2) is 4.26. The Morgan fingerprint density at radius 3 is 2.88 bits per heavy atom. The topological polar surface area (TPSA) is 32.7 Å². The highest BCUT2D eigenvalue weighted by Gasteiger charge is 2.40. The molecular weight excluding hydrogens is 282 g/mol. The van der Waals surface area contributed by atoms with Crippen molar-refractivity contribution in [2.45, 2.75) is 6.42 Å². The molecule has 1 N–H and O–H groups in total. The first-order valence-corrected chi connectivity index (χ1v) is 6.74. The molecule has 2 aliphatic heterocycles. The molecule has 0 spiro atoms. The van der Waals surface area contributed by atoms with Crippen LogP contribution in [0.2, 0.25) is 0 Å². The standard InChI is InChI=1S/C13H16BrNO2/c14-11-1-2-12-10(5-11)3-4-15(12)6-13(7-16)8-17-9-13/h1-2,5,16H,3-4,6-9H2. The van der Waals surface area contributed by atoms with Crippen LogP contribution in [-0.2, 0) is 11.2 Å². The van der Waals surface area contributed by atoms with E-state index >= 15 is 0 Å². The third-order valence-electron chi connectivity index (χ3n) is 3.71. The first kappa shape index (κ1) is 11.5. The smallest absolute Gasteiger partial charge is 0.0584 e. The summed E-state index contributed by atoms with van der Waals surface area (Å²) in [7, 11) is 0. The average Bonchev–Trinajstić information content (AvgIpc) is 2.66. The number of nitrogens with zero attached hydrogens (tertiary/aromatic N) is 1. The normalized spacial score (nSPS) is 21.2. The van der Waals surface area contributed by atoms with E-state index in [4.69, 9.17) is 4.74 Å². The maximum absolute atomic E-state index is 9.47. The van der Waals surface area contributed by atoms with Crippen molar-refractivity contribution in [1.29, 1.82) is 0 Å². The molecular formula is C13H16BrNO2. The van der Waals surface area contributed by atoms with Gasteiger partial charge in [0.25, 0.3) is 0 Å². The van der Waals surface area contributed by atoms with Crippen molar-refractivity contribution in [1.82, 2.24) is 0 Å². The Hall–Kier alpha value is -0.580. The van der Waals surface area contributed by atoms with Crippen LogP contribution < -0.4 is 4.90 Å². The van der Waals surface area contributed by atoms with Crippen molar-refractivity contribution >= 4 is 21.6 Å². The summed E-state index contributed by atoms with van der Waals surface area (Å²) < 4.78 is 6.39. The van der Waals surface area contributed by atoms with E-state index in [1.165, 1.54) is 11.3 Å². The number of benzene rings is 1. The van der Waals surface area contributed by atoms with E-state index in [9.17, 15) is 5.11 Å².